The van der Waals surface area contributed by atoms with Crippen LogP contribution in [0.1, 0.15) is 19.4 Å². The summed E-state index contributed by atoms with van der Waals surface area (Å²) in [5.41, 5.74) is 0.926. The number of benzene rings is 1. The van der Waals surface area contributed by atoms with Gasteiger partial charge in [0.2, 0.25) is 0 Å². The van der Waals surface area contributed by atoms with Crippen molar-refractivity contribution in [1.82, 2.24) is 0 Å². The second-order valence-electron chi connectivity index (χ2n) is 4.35. The molecule has 0 radical (unpaired) electrons. The van der Waals surface area contributed by atoms with E-state index in [1.807, 2.05) is 24.8 Å². The third-order valence-electron chi connectivity index (χ3n) is 2.78. The summed E-state index contributed by atoms with van der Waals surface area (Å²) in [4.78, 5) is 12.2. The van der Waals surface area contributed by atoms with Gasteiger partial charge in [-0.2, -0.15) is 5.26 Å². The molecule has 0 spiro atoms. The highest BCUT2D eigenvalue weighted by Crippen LogP contribution is 2.26. The van der Waals surface area contributed by atoms with E-state index in [2.05, 4.69) is 0 Å². The Morgan fingerprint density at radius 3 is 2.68 bits per heavy atom. The van der Waals surface area contributed by atoms with E-state index in [0.717, 1.165) is 0 Å². The van der Waals surface area contributed by atoms with Gasteiger partial charge in [0.05, 0.1) is 22.8 Å². The minimum atomic E-state index is -0.501. The van der Waals surface area contributed by atoms with Gasteiger partial charge < -0.3 is 9.64 Å². The first-order valence-corrected chi connectivity index (χ1v) is 5.95. The third-order valence-corrected chi connectivity index (χ3v) is 2.78. The van der Waals surface area contributed by atoms with E-state index in [1.165, 1.54) is 12.1 Å². The molecule has 1 aromatic carbocycles. The van der Waals surface area contributed by atoms with Gasteiger partial charge >= 0.3 is 0 Å². The van der Waals surface area contributed by atoms with E-state index < -0.39 is 4.92 Å². The molecule has 0 N–H and O–H groups in total. The molecule has 6 nitrogen and oxygen atoms in total. The molecular weight excluding hydrogens is 246 g/mol. The smallest absolute Gasteiger partial charge is 0.270 e. The normalized spacial score (nSPS) is 10.3. The average molecular weight is 263 g/mol. The van der Waals surface area contributed by atoms with Crippen LogP contribution in [0.4, 0.5) is 11.4 Å². The first-order chi connectivity index (χ1) is 9.01. The summed E-state index contributed by atoms with van der Waals surface area (Å²) in [5, 5.41) is 19.9. The van der Waals surface area contributed by atoms with Crippen molar-refractivity contribution in [2.75, 3.05) is 25.2 Å². The molecule has 0 heterocycles. The summed E-state index contributed by atoms with van der Waals surface area (Å²) in [6.07, 6.45) is 0. The van der Waals surface area contributed by atoms with Crippen LogP contribution in [0, 0.1) is 21.4 Å². The Labute approximate surface area is 112 Å². The van der Waals surface area contributed by atoms with Crippen molar-refractivity contribution in [3.8, 4) is 6.07 Å². The lowest BCUT2D eigenvalue weighted by Gasteiger charge is -2.29. The van der Waals surface area contributed by atoms with Crippen molar-refractivity contribution in [3.05, 3.63) is 33.9 Å². The third kappa shape index (κ3) is 3.66. The number of nitriles is 1. The Morgan fingerprint density at radius 2 is 2.21 bits per heavy atom. The second-order valence-corrected chi connectivity index (χ2v) is 4.35. The molecule has 0 bridgehead atoms. The number of hydrogen-bond donors (Lipinski definition) is 0. The molecule has 0 saturated heterocycles. The fraction of sp³-hybridized carbons (Fsp3) is 0.462. The van der Waals surface area contributed by atoms with E-state index in [-0.39, 0.29) is 11.7 Å². The van der Waals surface area contributed by atoms with Crippen LogP contribution < -0.4 is 4.90 Å². The number of methoxy groups -OCH3 is 1. The van der Waals surface area contributed by atoms with Crippen LogP contribution in [-0.2, 0) is 4.74 Å². The number of nitro groups is 1. The first kappa shape index (κ1) is 14.9. The maximum absolute atomic E-state index is 10.7. The highest BCUT2D eigenvalue weighted by Gasteiger charge is 2.17. The molecule has 6 heteroatoms. The Kier molecular flexibility index (Phi) is 5.27. The van der Waals surface area contributed by atoms with Gasteiger partial charge in [-0.15, -0.1) is 0 Å². The topological polar surface area (TPSA) is 79.4 Å². The predicted octanol–water partition coefficient (Wildman–Crippen LogP) is 2.33. The van der Waals surface area contributed by atoms with Gasteiger partial charge in [-0.05, 0) is 19.9 Å². The van der Waals surface area contributed by atoms with Crippen LogP contribution in [0.15, 0.2) is 18.2 Å². The molecule has 0 amide bonds. The van der Waals surface area contributed by atoms with Crippen molar-refractivity contribution in [2.45, 2.75) is 19.9 Å². The van der Waals surface area contributed by atoms with Crippen LogP contribution in [0.25, 0.3) is 0 Å². The summed E-state index contributed by atoms with van der Waals surface area (Å²) in [5.74, 6) is 0. The molecule has 19 heavy (non-hydrogen) atoms. The monoisotopic (exact) mass is 263 g/mol. The highest BCUT2D eigenvalue weighted by atomic mass is 16.6. The highest BCUT2D eigenvalue weighted by molar-refractivity contribution is 5.63. The van der Waals surface area contributed by atoms with Crippen molar-refractivity contribution in [1.29, 1.82) is 5.26 Å². The van der Waals surface area contributed by atoms with Gasteiger partial charge in [-0.1, -0.05) is 0 Å². The van der Waals surface area contributed by atoms with Gasteiger partial charge in [-0.25, -0.2) is 0 Å². The molecule has 0 aliphatic heterocycles. The number of nitrogens with zero attached hydrogens (tertiary/aromatic N) is 3. The lowest BCUT2D eigenvalue weighted by molar-refractivity contribution is -0.384. The summed E-state index contributed by atoms with van der Waals surface area (Å²) in [6, 6.07) is 6.52. The zero-order valence-electron chi connectivity index (χ0n) is 11.3. The molecule has 0 atom stereocenters. The molecule has 0 fully saturated rings. The molecule has 0 saturated carbocycles. The van der Waals surface area contributed by atoms with E-state index >= 15 is 0 Å². The van der Waals surface area contributed by atoms with Gasteiger partial charge in [-0.3, -0.25) is 10.1 Å². The number of nitro benzene ring substituents is 1. The Balaban J connectivity index is 3.16. The summed E-state index contributed by atoms with van der Waals surface area (Å²) in [6.45, 7) is 5.15. The van der Waals surface area contributed by atoms with Crippen molar-refractivity contribution < 1.29 is 9.66 Å². The molecule has 1 rings (SSSR count). The maximum Gasteiger partial charge on any atom is 0.270 e. The number of ether oxygens (including phenoxy) is 1. The minimum absolute atomic E-state index is 0.0734. The van der Waals surface area contributed by atoms with Crippen LogP contribution in [0.3, 0.4) is 0 Å². The quantitative estimate of drug-likeness (QED) is 0.581. The van der Waals surface area contributed by atoms with Gasteiger partial charge in [0, 0.05) is 31.8 Å². The zero-order chi connectivity index (χ0) is 14.4. The first-order valence-electron chi connectivity index (χ1n) is 5.95. The average Bonchev–Trinajstić information content (AvgIpc) is 2.38. The number of anilines is 1. The maximum atomic E-state index is 10.7. The second kappa shape index (κ2) is 6.71. The Morgan fingerprint density at radius 1 is 1.53 bits per heavy atom. The molecule has 0 aliphatic rings. The van der Waals surface area contributed by atoms with Gasteiger partial charge in [0.1, 0.15) is 6.07 Å². The van der Waals surface area contributed by atoms with Gasteiger partial charge in [0.25, 0.3) is 5.69 Å². The summed E-state index contributed by atoms with van der Waals surface area (Å²) >= 11 is 0. The molecule has 0 unspecified atom stereocenters. The van der Waals surface area contributed by atoms with E-state index in [0.29, 0.717) is 24.4 Å². The lowest BCUT2D eigenvalue weighted by Crippen LogP contribution is -2.34. The van der Waals surface area contributed by atoms with E-state index in [1.54, 1.807) is 13.2 Å². The molecule has 0 aliphatic carbocycles. The van der Waals surface area contributed by atoms with Crippen LogP contribution >= 0.6 is 0 Å². The van der Waals surface area contributed by atoms with E-state index in [9.17, 15) is 10.1 Å². The standard InChI is InChI=1S/C13H17N3O3/c1-10(2)15(6-7-19-3)13-5-4-12(16(17)18)8-11(13)9-14/h4-5,8,10H,6-7H2,1-3H3. The van der Waals surface area contributed by atoms with Crippen LogP contribution in [0.5, 0.6) is 0 Å². The number of rotatable bonds is 6. The van der Waals surface area contributed by atoms with Crippen molar-refractivity contribution in [2.24, 2.45) is 0 Å². The largest absolute Gasteiger partial charge is 0.383 e. The number of hydrogen-bond acceptors (Lipinski definition) is 5. The predicted molar refractivity (Wildman–Crippen MR) is 72.2 cm³/mol. The van der Waals surface area contributed by atoms with Gasteiger partial charge in [0.15, 0.2) is 0 Å². The Bertz CT molecular complexity index is 494. The van der Waals surface area contributed by atoms with Crippen LogP contribution in [0.2, 0.25) is 0 Å². The fourth-order valence-corrected chi connectivity index (χ4v) is 1.82. The molecule has 1 aromatic rings. The van der Waals surface area contributed by atoms with E-state index in [4.69, 9.17) is 10.00 Å². The Hall–Kier alpha value is -2.13. The summed E-state index contributed by atoms with van der Waals surface area (Å²) in [7, 11) is 1.61. The minimum Gasteiger partial charge on any atom is -0.383 e. The van der Waals surface area contributed by atoms with Crippen molar-refractivity contribution >= 4 is 11.4 Å². The lowest BCUT2D eigenvalue weighted by atomic mass is 10.1. The molecule has 0 aromatic heterocycles. The molecular formula is C13H17N3O3. The molecule has 102 valence electrons. The van der Waals surface area contributed by atoms with Crippen LogP contribution in [-0.4, -0.2) is 31.2 Å². The SMILES string of the molecule is COCCN(c1ccc([N+](=O)[O-])cc1C#N)C(C)C. The fourth-order valence-electron chi connectivity index (χ4n) is 1.82. The van der Waals surface area contributed by atoms with Crippen molar-refractivity contribution in [3.63, 3.8) is 0 Å². The zero-order valence-corrected chi connectivity index (χ0v) is 11.3. The summed E-state index contributed by atoms with van der Waals surface area (Å²) < 4.78 is 5.05. The number of non-ortho nitro benzene ring substituents is 1.